The first-order valence-corrected chi connectivity index (χ1v) is 6.00. The van der Waals surface area contributed by atoms with Crippen LogP contribution in [0.2, 0.25) is 0 Å². The molecule has 1 aromatic heterocycles. The van der Waals surface area contributed by atoms with E-state index in [1.165, 1.54) is 0 Å². The number of aromatic nitrogens is 2. The lowest BCUT2D eigenvalue weighted by molar-refractivity contribution is 0.102. The summed E-state index contributed by atoms with van der Waals surface area (Å²) in [6, 6.07) is 10.6. The molecule has 0 saturated carbocycles. The number of hydrogen-bond acceptors (Lipinski definition) is 3. The highest BCUT2D eigenvalue weighted by Gasteiger charge is 2.13. The Kier molecular flexibility index (Phi) is 3.62. The van der Waals surface area contributed by atoms with E-state index >= 15 is 0 Å². The van der Waals surface area contributed by atoms with E-state index in [0.717, 1.165) is 5.69 Å². The summed E-state index contributed by atoms with van der Waals surface area (Å²) in [4.78, 5) is 12.1. The summed E-state index contributed by atoms with van der Waals surface area (Å²) in [5.74, 6) is -0.307. The van der Waals surface area contributed by atoms with Gasteiger partial charge >= 0.3 is 0 Å². The van der Waals surface area contributed by atoms with Gasteiger partial charge in [-0.25, -0.2) is 0 Å². The van der Waals surface area contributed by atoms with E-state index in [0.29, 0.717) is 23.5 Å². The first-order valence-electron chi connectivity index (χ1n) is 6.00. The number of nitriles is 1. The minimum absolute atomic E-state index is 0.307. The van der Waals surface area contributed by atoms with Gasteiger partial charge < -0.3 is 5.32 Å². The average Bonchev–Trinajstić information content (AvgIpc) is 2.80. The number of amides is 1. The highest BCUT2D eigenvalue weighted by atomic mass is 16.1. The van der Waals surface area contributed by atoms with Crippen LogP contribution in [-0.4, -0.2) is 15.7 Å². The Balaban J connectivity index is 2.23. The molecular weight excluding hydrogens is 240 g/mol. The van der Waals surface area contributed by atoms with Crippen LogP contribution < -0.4 is 5.32 Å². The Bertz CT molecular complexity index is 652. The molecule has 1 aromatic carbocycles. The van der Waals surface area contributed by atoms with E-state index in [4.69, 9.17) is 5.26 Å². The summed E-state index contributed by atoms with van der Waals surface area (Å²) in [5, 5.41) is 15.9. The van der Waals surface area contributed by atoms with E-state index in [2.05, 4.69) is 10.4 Å². The fourth-order valence-electron chi connectivity index (χ4n) is 1.82. The van der Waals surface area contributed by atoms with Gasteiger partial charge in [0.15, 0.2) is 5.69 Å². The van der Waals surface area contributed by atoms with Crippen LogP contribution in [0.15, 0.2) is 30.3 Å². The molecule has 0 aliphatic heterocycles. The van der Waals surface area contributed by atoms with Crippen molar-refractivity contribution in [1.82, 2.24) is 9.78 Å². The highest BCUT2D eigenvalue weighted by Crippen LogP contribution is 2.15. The molecule has 96 valence electrons. The van der Waals surface area contributed by atoms with Gasteiger partial charge in [0, 0.05) is 12.2 Å². The molecule has 5 nitrogen and oxygen atoms in total. The number of aryl methyl sites for hydroxylation is 2. The second kappa shape index (κ2) is 5.36. The van der Waals surface area contributed by atoms with Crippen LogP contribution in [0.4, 0.5) is 5.69 Å². The predicted octanol–water partition coefficient (Wildman–Crippen LogP) is 2.34. The minimum Gasteiger partial charge on any atom is -0.319 e. The standard InChI is InChI=1S/C14H14N4O/c1-3-18-10(2)8-13(17-18)14(19)16-12-7-5-4-6-11(12)9-15/h4-8H,3H2,1-2H3,(H,16,19). The molecule has 0 aliphatic rings. The molecular formula is C14H14N4O. The van der Waals surface area contributed by atoms with Crippen molar-refractivity contribution < 1.29 is 4.79 Å². The molecule has 0 fully saturated rings. The van der Waals surface area contributed by atoms with Gasteiger partial charge in [-0.05, 0) is 32.0 Å². The Labute approximate surface area is 111 Å². The third kappa shape index (κ3) is 2.63. The van der Waals surface area contributed by atoms with Crippen molar-refractivity contribution in [2.24, 2.45) is 0 Å². The molecule has 0 atom stereocenters. The maximum atomic E-state index is 12.1. The van der Waals surface area contributed by atoms with E-state index in [1.807, 2.05) is 19.9 Å². The van der Waals surface area contributed by atoms with E-state index < -0.39 is 0 Å². The Morgan fingerprint density at radius 3 is 2.84 bits per heavy atom. The van der Waals surface area contributed by atoms with Gasteiger partial charge in [0.05, 0.1) is 11.3 Å². The summed E-state index contributed by atoms with van der Waals surface area (Å²) >= 11 is 0. The van der Waals surface area contributed by atoms with Gasteiger partial charge in [0.2, 0.25) is 0 Å². The van der Waals surface area contributed by atoms with Crippen LogP contribution in [0.25, 0.3) is 0 Å². The summed E-state index contributed by atoms with van der Waals surface area (Å²) in [5.41, 5.74) is 2.22. The van der Waals surface area contributed by atoms with E-state index in [-0.39, 0.29) is 5.91 Å². The number of carbonyl (C=O) groups is 1. The monoisotopic (exact) mass is 254 g/mol. The molecule has 0 aliphatic carbocycles. The average molecular weight is 254 g/mol. The normalized spacial score (nSPS) is 9.95. The Morgan fingerprint density at radius 2 is 2.21 bits per heavy atom. The highest BCUT2D eigenvalue weighted by molar-refractivity contribution is 6.03. The summed E-state index contributed by atoms with van der Waals surface area (Å²) in [6.45, 7) is 4.58. The second-order valence-corrected chi connectivity index (χ2v) is 4.10. The van der Waals surface area contributed by atoms with E-state index in [1.54, 1.807) is 35.0 Å². The van der Waals surface area contributed by atoms with Crippen molar-refractivity contribution in [2.45, 2.75) is 20.4 Å². The second-order valence-electron chi connectivity index (χ2n) is 4.10. The molecule has 0 bridgehead atoms. The lowest BCUT2D eigenvalue weighted by atomic mass is 10.2. The van der Waals surface area contributed by atoms with Crippen LogP contribution in [0, 0.1) is 18.3 Å². The van der Waals surface area contributed by atoms with Crippen molar-refractivity contribution in [3.05, 3.63) is 47.3 Å². The molecule has 2 aromatic rings. The van der Waals surface area contributed by atoms with Crippen LogP contribution in [0.5, 0.6) is 0 Å². The molecule has 0 saturated heterocycles. The van der Waals surface area contributed by atoms with Crippen LogP contribution >= 0.6 is 0 Å². The number of nitrogens with zero attached hydrogens (tertiary/aromatic N) is 3. The van der Waals surface area contributed by atoms with Crippen LogP contribution in [-0.2, 0) is 6.54 Å². The largest absolute Gasteiger partial charge is 0.319 e. The van der Waals surface area contributed by atoms with Crippen molar-refractivity contribution in [3.63, 3.8) is 0 Å². The Morgan fingerprint density at radius 1 is 1.47 bits per heavy atom. The van der Waals surface area contributed by atoms with Crippen molar-refractivity contribution in [2.75, 3.05) is 5.32 Å². The number of nitrogens with one attached hydrogen (secondary N) is 1. The maximum absolute atomic E-state index is 12.1. The van der Waals surface area contributed by atoms with Gasteiger partial charge in [-0.1, -0.05) is 12.1 Å². The predicted molar refractivity (Wildman–Crippen MR) is 71.7 cm³/mol. The number of para-hydroxylation sites is 1. The zero-order chi connectivity index (χ0) is 13.8. The zero-order valence-corrected chi connectivity index (χ0v) is 10.8. The fourth-order valence-corrected chi connectivity index (χ4v) is 1.82. The third-order valence-electron chi connectivity index (χ3n) is 2.81. The number of anilines is 1. The quantitative estimate of drug-likeness (QED) is 0.913. The first-order chi connectivity index (χ1) is 9.15. The molecule has 19 heavy (non-hydrogen) atoms. The molecule has 0 spiro atoms. The third-order valence-corrected chi connectivity index (χ3v) is 2.81. The summed E-state index contributed by atoms with van der Waals surface area (Å²) in [7, 11) is 0. The van der Waals surface area contributed by atoms with Gasteiger partial charge in [0.1, 0.15) is 6.07 Å². The van der Waals surface area contributed by atoms with Crippen molar-refractivity contribution in [3.8, 4) is 6.07 Å². The van der Waals surface area contributed by atoms with Crippen LogP contribution in [0.1, 0.15) is 28.7 Å². The number of benzene rings is 1. The van der Waals surface area contributed by atoms with E-state index in [9.17, 15) is 4.79 Å². The summed E-state index contributed by atoms with van der Waals surface area (Å²) < 4.78 is 1.76. The lowest BCUT2D eigenvalue weighted by Gasteiger charge is -2.04. The topological polar surface area (TPSA) is 70.7 Å². The number of hydrogen-bond donors (Lipinski definition) is 1. The molecule has 1 heterocycles. The maximum Gasteiger partial charge on any atom is 0.276 e. The van der Waals surface area contributed by atoms with Crippen molar-refractivity contribution >= 4 is 11.6 Å². The van der Waals surface area contributed by atoms with Gasteiger partial charge in [-0.2, -0.15) is 10.4 Å². The molecule has 0 radical (unpaired) electrons. The smallest absolute Gasteiger partial charge is 0.276 e. The fraction of sp³-hybridized carbons (Fsp3) is 0.214. The number of rotatable bonds is 3. The van der Waals surface area contributed by atoms with Gasteiger partial charge in [-0.15, -0.1) is 0 Å². The SMILES string of the molecule is CCn1nc(C(=O)Nc2ccccc2C#N)cc1C. The molecule has 1 N–H and O–H groups in total. The lowest BCUT2D eigenvalue weighted by Crippen LogP contribution is -2.14. The minimum atomic E-state index is -0.307. The number of carbonyl (C=O) groups excluding carboxylic acids is 1. The van der Waals surface area contributed by atoms with Crippen LogP contribution in [0.3, 0.4) is 0 Å². The first kappa shape index (κ1) is 12.8. The molecule has 0 unspecified atom stereocenters. The molecule has 1 amide bonds. The molecule has 2 rings (SSSR count). The van der Waals surface area contributed by atoms with Crippen molar-refractivity contribution in [1.29, 1.82) is 5.26 Å². The Hall–Kier alpha value is -2.61. The van der Waals surface area contributed by atoms with Gasteiger partial charge in [-0.3, -0.25) is 9.48 Å². The molecule has 5 heteroatoms. The van der Waals surface area contributed by atoms with Gasteiger partial charge in [0.25, 0.3) is 5.91 Å². The zero-order valence-electron chi connectivity index (χ0n) is 10.8. The summed E-state index contributed by atoms with van der Waals surface area (Å²) in [6.07, 6.45) is 0.